The van der Waals surface area contributed by atoms with Crippen molar-refractivity contribution in [1.29, 1.82) is 0 Å². The molecule has 0 aliphatic rings. The van der Waals surface area contributed by atoms with E-state index in [2.05, 4.69) is 10.6 Å². The molecule has 5 heteroatoms. The molecular weight excluding hydrogens is 288 g/mol. The van der Waals surface area contributed by atoms with E-state index in [1.807, 2.05) is 43.3 Å². The number of anilines is 2. The van der Waals surface area contributed by atoms with E-state index < -0.39 is 0 Å². The number of para-hydroxylation sites is 1. The Hall–Kier alpha value is -2.20. The summed E-state index contributed by atoms with van der Waals surface area (Å²) >= 11 is 6.02. The molecule has 110 valence electrons. The number of rotatable bonds is 5. The maximum atomic E-state index is 12.0. The molecule has 0 heterocycles. The number of aryl methyl sites for hydroxylation is 1. The molecule has 1 amide bonds. The van der Waals surface area contributed by atoms with Gasteiger partial charge in [0, 0.05) is 0 Å². The molecule has 0 spiro atoms. The first-order valence-electron chi connectivity index (χ1n) is 6.53. The van der Waals surface area contributed by atoms with Gasteiger partial charge in [0.2, 0.25) is 5.91 Å². The number of methoxy groups -OCH3 is 1. The number of carbonyl (C=O) groups is 1. The van der Waals surface area contributed by atoms with Crippen LogP contribution in [-0.2, 0) is 4.79 Å². The lowest BCUT2D eigenvalue weighted by Gasteiger charge is -2.12. The van der Waals surface area contributed by atoms with E-state index in [9.17, 15) is 4.79 Å². The zero-order valence-corrected chi connectivity index (χ0v) is 12.7. The van der Waals surface area contributed by atoms with Gasteiger partial charge >= 0.3 is 0 Å². The van der Waals surface area contributed by atoms with Gasteiger partial charge in [-0.2, -0.15) is 0 Å². The predicted octanol–water partition coefficient (Wildman–Crippen LogP) is 3.71. The number of hydrogen-bond donors (Lipinski definition) is 2. The third-order valence-corrected chi connectivity index (χ3v) is 3.27. The summed E-state index contributed by atoms with van der Waals surface area (Å²) in [5.41, 5.74) is 2.43. The van der Waals surface area contributed by atoms with Crippen molar-refractivity contribution in [2.24, 2.45) is 0 Å². The van der Waals surface area contributed by atoms with Crippen LogP contribution in [0.15, 0.2) is 42.5 Å². The van der Waals surface area contributed by atoms with Gasteiger partial charge < -0.3 is 15.4 Å². The van der Waals surface area contributed by atoms with Crippen molar-refractivity contribution in [2.45, 2.75) is 6.92 Å². The van der Waals surface area contributed by atoms with Gasteiger partial charge in [-0.1, -0.05) is 29.8 Å². The Kier molecular flexibility index (Phi) is 5.06. The van der Waals surface area contributed by atoms with Gasteiger partial charge in [0.15, 0.2) is 0 Å². The van der Waals surface area contributed by atoms with Crippen LogP contribution < -0.4 is 15.4 Å². The largest absolute Gasteiger partial charge is 0.495 e. The first-order chi connectivity index (χ1) is 10.1. The first kappa shape index (κ1) is 15.2. The number of amides is 1. The molecule has 0 aliphatic carbocycles. The predicted molar refractivity (Wildman–Crippen MR) is 86.3 cm³/mol. The maximum absolute atomic E-state index is 12.0. The fourth-order valence-corrected chi connectivity index (χ4v) is 2.10. The molecule has 4 nitrogen and oxygen atoms in total. The van der Waals surface area contributed by atoms with Gasteiger partial charge in [-0.3, -0.25) is 4.79 Å². The fraction of sp³-hybridized carbons (Fsp3) is 0.188. The van der Waals surface area contributed by atoms with Crippen LogP contribution in [0.3, 0.4) is 0 Å². The van der Waals surface area contributed by atoms with Crippen LogP contribution in [0, 0.1) is 6.92 Å². The number of hydrogen-bond acceptors (Lipinski definition) is 3. The Bertz CT molecular complexity index is 644. The van der Waals surface area contributed by atoms with E-state index in [4.69, 9.17) is 16.3 Å². The second-order valence-corrected chi connectivity index (χ2v) is 4.99. The second kappa shape index (κ2) is 6.99. The number of ether oxygens (including phenoxy) is 1. The third-order valence-electron chi connectivity index (χ3n) is 2.94. The molecule has 2 aromatic rings. The summed E-state index contributed by atoms with van der Waals surface area (Å²) in [7, 11) is 1.57. The van der Waals surface area contributed by atoms with Gasteiger partial charge in [-0.05, 0) is 36.8 Å². The minimum absolute atomic E-state index is 0.126. The number of benzene rings is 2. The third kappa shape index (κ3) is 4.13. The molecular formula is C16H17ClN2O2. The van der Waals surface area contributed by atoms with E-state index in [0.29, 0.717) is 16.5 Å². The summed E-state index contributed by atoms with van der Waals surface area (Å²) in [5, 5.41) is 6.40. The monoisotopic (exact) mass is 304 g/mol. The topological polar surface area (TPSA) is 50.4 Å². The Morgan fingerprint density at radius 3 is 2.67 bits per heavy atom. The standard InChI is InChI=1S/C16H17ClN2O2/c1-11-7-8-15(21-2)14(9-11)19-16(20)10-18-13-6-4-3-5-12(13)17/h3-9,18H,10H2,1-2H3,(H,19,20). The zero-order chi connectivity index (χ0) is 15.2. The molecule has 0 unspecified atom stereocenters. The average molecular weight is 305 g/mol. The Morgan fingerprint density at radius 1 is 1.19 bits per heavy atom. The molecule has 0 saturated carbocycles. The van der Waals surface area contributed by atoms with Gasteiger partial charge in [-0.15, -0.1) is 0 Å². The highest BCUT2D eigenvalue weighted by atomic mass is 35.5. The minimum Gasteiger partial charge on any atom is -0.495 e. The smallest absolute Gasteiger partial charge is 0.243 e. The van der Waals surface area contributed by atoms with Crippen molar-refractivity contribution in [1.82, 2.24) is 0 Å². The van der Waals surface area contributed by atoms with Crippen molar-refractivity contribution in [2.75, 3.05) is 24.3 Å². The maximum Gasteiger partial charge on any atom is 0.243 e. The first-order valence-corrected chi connectivity index (χ1v) is 6.91. The molecule has 2 aromatic carbocycles. The summed E-state index contributed by atoms with van der Waals surface area (Å²) in [6.07, 6.45) is 0. The van der Waals surface area contributed by atoms with Crippen molar-refractivity contribution in [3.8, 4) is 5.75 Å². The van der Waals surface area contributed by atoms with Crippen LogP contribution in [0.2, 0.25) is 5.02 Å². The van der Waals surface area contributed by atoms with Crippen molar-refractivity contribution in [3.05, 3.63) is 53.1 Å². The second-order valence-electron chi connectivity index (χ2n) is 4.59. The van der Waals surface area contributed by atoms with E-state index in [0.717, 1.165) is 11.3 Å². The van der Waals surface area contributed by atoms with Gasteiger partial charge in [0.05, 0.1) is 30.1 Å². The summed E-state index contributed by atoms with van der Waals surface area (Å²) < 4.78 is 5.23. The number of nitrogens with one attached hydrogen (secondary N) is 2. The van der Waals surface area contributed by atoms with Crippen molar-refractivity contribution >= 4 is 28.9 Å². The Labute approximate surface area is 129 Å². The van der Waals surface area contributed by atoms with Crippen LogP contribution >= 0.6 is 11.6 Å². The molecule has 0 aliphatic heterocycles. The van der Waals surface area contributed by atoms with E-state index in [1.165, 1.54) is 0 Å². The Balaban J connectivity index is 1.99. The lowest BCUT2D eigenvalue weighted by Crippen LogP contribution is -2.22. The molecule has 0 bridgehead atoms. The molecule has 0 atom stereocenters. The van der Waals surface area contributed by atoms with Crippen LogP contribution in [0.4, 0.5) is 11.4 Å². The lowest BCUT2D eigenvalue weighted by atomic mass is 10.2. The van der Waals surface area contributed by atoms with Crippen molar-refractivity contribution < 1.29 is 9.53 Å². The van der Waals surface area contributed by atoms with E-state index in [1.54, 1.807) is 13.2 Å². The van der Waals surface area contributed by atoms with Gasteiger partial charge in [0.1, 0.15) is 5.75 Å². The fourth-order valence-electron chi connectivity index (χ4n) is 1.89. The summed E-state index contributed by atoms with van der Waals surface area (Å²) in [6, 6.07) is 12.9. The summed E-state index contributed by atoms with van der Waals surface area (Å²) in [4.78, 5) is 12.0. The van der Waals surface area contributed by atoms with Crippen LogP contribution in [0.1, 0.15) is 5.56 Å². The van der Waals surface area contributed by atoms with Crippen LogP contribution in [0.25, 0.3) is 0 Å². The highest BCUT2D eigenvalue weighted by Crippen LogP contribution is 2.25. The quantitative estimate of drug-likeness (QED) is 0.885. The molecule has 0 fully saturated rings. The molecule has 0 radical (unpaired) electrons. The molecule has 2 rings (SSSR count). The highest BCUT2D eigenvalue weighted by molar-refractivity contribution is 6.33. The Morgan fingerprint density at radius 2 is 1.95 bits per heavy atom. The van der Waals surface area contributed by atoms with E-state index >= 15 is 0 Å². The molecule has 0 saturated heterocycles. The average Bonchev–Trinajstić information content (AvgIpc) is 2.47. The summed E-state index contributed by atoms with van der Waals surface area (Å²) in [6.45, 7) is 2.08. The molecule has 2 N–H and O–H groups in total. The van der Waals surface area contributed by atoms with Gasteiger partial charge in [-0.25, -0.2) is 0 Å². The number of carbonyl (C=O) groups excluding carboxylic acids is 1. The lowest BCUT2D eigenvalue weighted by molar-refractivity contribution is -0.114. The van der Waals surface area contributed by atoms with Crippen LogP contribution in [0.5, 0.6) is 5.75 Å². The SMILES string of the molecule is COc1ccc(C)cc1NC(=O)CNc1ccccc1Cl. The number of halogens is 1. The summed E-state index contributed by atoms with van der Waals surface area (Å²) in [5.74, 6) is 0.463. The van der Waals surface area contributed by atoms with E-state index in [-0.39, 0.29) is 12.5 Å². The van der Waals surface area contributed by atoms with Gasteiger partial charge in [0.25, 0.3) is 0 Å². The minimum atomic E-state index is -0.168. The normalized spacial score (nSPS) is 10.0. The molecule has 21 heavy (non-hydrogen) atoms. The molecule has 0 aromatic heterocycles. The highest BCUT2D eigenvalue weighted by Gasteiger charge is 2.08. The van der Waals surface area contributed by atoms with Crippen LogP contribution in [-0.4, -0.2) is 19.6 Å². The van der Waals surface area contributed by atoms with Crippen molar-refractivity contribution in [3.63, 3.8) is 0 Å². The zero-order valence-electron chi connectivity index (χ0n) is 11.9.